The standard InChI is InChI=1S/C9H13N5S/c1-6-4-5-7(15-6)13(2)9-12-11-8(10)14(9)3/h4-5H,1-3H3,(H2,10,11). The van der Waals surface area contributed by atoms with Gasteiger partial charge in [-0.25, -0.2) is 0 Å². The summed E-state index contributed by atoms with van der Waals surface area (Å²) in [6.45, 7) is 2.08. The van der Waals surface area contributed by atoms with Crippen LogP contribution >= 0.6 is 11.3 Å². The zero-order chi connectivity index (χ0) is 11.0. The Morgan fingerprint density at radius 3 is 2.60 bits per heavy atom. The Labute approximate surface area is 92.2 Å². The molecule has 6 heteroatoms. The molecule has 0 spiro atoms. The Morgan fingerprint density at radius 2 is 2.13 bits per heavy atom. The molecular formula is C9H13N5S. The van der Waals surface area contributed by atoms with Crippen LogP contribution in [0, 0.1) is 6.92 Å². The predicted octanol–water partition coefficient (Wildman–Crippen LogP) is 1.54. The van der Waals surface area contributed by atoms with Crippen LogP contribution in [0.2, 0.25) is 0 Å². The highest BCUT2D eigenvalue weighted by Crippen LogP contribution is 2.29. The summed E-state index contributed by atoms with van der Waals surface area (Å²) < 4.78 is 1.76. The van der Waals surface area contributed by atoms with Gasteiger partial charge in [-0.2, -0.15) is 0 Å². The van der Waals surface area contributed by atoms with Crippen LogP contribution in [0.1, 0.15) is 4.88 Å². The van der Waals surface area contributed by atoms with Crippen LogP contribution in [0.4, 0.5) is 16.9 Å². The number of nitrogens with zero attached hydrogens (tertiary/aromatic N) is 4. The average molecular weight is 223 g/mol. The minimum atomic E-state index is 0.421. The molecule has 2 N–H and O–H groups in total. The number of aryl methyl sites for hydroxylation is 1. The van der Waals surface area contributed by atoms with Crippen molar-refractivity contribution in [2.45, 2.75) is 6.92 Å². The Morgan fingerprint density at radius 1 is 1.40 bits per heavy atom. The molecule has 80 valence electrons. The van der Waals surface area contributed by atoms with Gasteiger partial charge in [0.15, 0.2) is 0 Å². The molecule has 0 fully saturated rings. The molecule has 0 atom stereocenters. The van der Waals surface area contributed by atoms with Crippen molar-refractivity contribution < 1.29 is 0 Å². The summed E-state index contributed by atoms with van der Waals surface area (Å²) in [5.74, 6) is 1.17. The average Bonchev–Trinajstić information content (AvgIpc) is 2.75. The van der Waals surface area contributed by atoms with Crippen molar-refractivity contribution >= 4 is 28.2 Å². The van der Waals surface area contributed by atoms with Gasteiger partial charge in [0.25, 0.3) is 0 Å². The van der Waals surface area contributed by atoms with E-state index in [1.54, 1.807) is 15.9 Å². The summed E-state index contributed by atoms with van der Waals surface area (Å²) in [5.41, 5.74) is 5.63. The lowest BCUT2D eigenvalue weighted by Crippen LogP contribution is -2.13. The molecule has 0 unspecified atom stereocenters. The normalized spacial score (nSPS) is 10.6. The first-order valence-corrected chi connectivity index (χ1v) is 5.36. The van der Waals surface area contributed by atoms with Crippen LogP contribution in [0.5, 0.6) is 0 Å². The van der Waals surface area contributed by atoms with Crippen molar-refractivity contribution in [3.05, 3.63) is 17.0 Å². The number of hydrogen-bond donors (Lipinski definition) is 1. The van der Waals surface area contributed by atoms with E-state index in [1.807, 2.05) is 19.0 Å². The Balaban J connectivity index is 2.36. The number of aromatic nitrogens is 3. The zero-order valence-electron chi connectivity index (χ0n) is 8.93. The molecule has 0 saturated heterocycles. The quantitative estimate of drug-likeness (QED) is 0.839. The van der Waals surface area contributed by atoms with Gasteiger partial charge in [-0.3, -0.25) is 4.57 Å². The molecule has 0 aromatic carbocycles. The van der Waals surface area contributed by atoms with Crippen molar-refractivity contribution in [1.29, 1.82) is 0 Å². The topological polar surface area (TPSA) is 60.0 Å². The second-order valence-corrected chi connectivity index (χ2v) is 4.63. The third kappa shape index (κ3) is 1.68. The summed E-state index contributed by atoms with van der Waals surface area (Å²) in [4.78, 5) is 3.24. The van der Waals surface area contributed by atoms with Gasteiger partial charge < -0.3 is 10.6 Å². The molecule has 5 nitrogen and oxygen atoms in total. The number of rotatable bonds is 2. The van der Waals surface area contributed by atoms with E-state index >= 15 is 0 Å². The van der Waals surface area contributed by atoms with E-state index in [1.165, 1.54) is 4.88 Å². The number of thiophene rings is 1. The monoisotopic (exact) mass is 223 g/mol. The van der Waals surface area contributed by atoms with Crippen LogP contribution in [-0.4, -0.2) is 21.8 Å². The van der Waals surface area contributed by atoms with Gasteiger partial charge in [0.1, 0.15) is 0 Å². The number of nitrogen functional groups attached to an aromatic ring is 1. The largest absolute Gasteiger partial charge is 0.368 e. The summed E-state index contributed by atoms with van der Waals surface area (Å²) in [7, 11) is 3.80. The van der Waals surface area contributed by atoms with Gasteiger partial charge in [-0.15, -0.1) is 21.5 Å². The smallest absolute Gasteiger partial charge is 0.233 e. The fourth-order valence-electron chi connectivity index (χ4n) is 1.33. The second kappa shape index (κ2) is 3.54. The summed E-state index contributed by atoms with van der Waals surface area (Å²) >= 11 is 1.71. The fourth-order valence-corrected chi connectivity index (χ4v) is 2.15. The molecule has 0 bridgehead atoms. The van der Waals surface area contributed by atoms with Gasteiger partial charge >= 0.3 is 0 Å². The van der Waals surface area contributed by atoms with Crippen LogP contribution in [0.25, 0.3) is 0 Å². The summed E-state index contributed by atoms with van der Waals surface area (Å²) in [6, 6.07) is 4.14. The van der Waals surface area contributed by atoms with Gasteiger partial charge in [0.05, 0.1) is 5.00 Å². The minimum absolute atomic E-state index is 0.421. The summed E-state index contributed by atoms with van der Waals surface area (Å²) in [6.07, 6.45) is 0. The fraction of sp³-hybridized carbons (Fsp3) is 0.333. The molecule has 2 aromatic rings. The third-order valence-corrected chi connectivity index (χ3v) is 3.32. The van der Waals surface area contributed by atoms with Crippen molar-refractivity contribution in [3.63, 3.8) is 0 Å². The van der Waals surface area contributed by atoms with Gasteiger partial charge in [-0.1, -0.05) is 0 Å². The molecule has 2 aromatic heterocycles. The summed E-state index contributed by atoms with van der Waals surface area (Å²) in [5, 5.41) is 8.97. The molecule has 0 radical (unpaired) electrons. The molecule has 0 aliphatic carbocycles. The maximum Gasteiger partial charge on any atom is 0.233 e. The van der Waals surface area contributed by atoms with Crippen molar-refractivity contribution in [2.24, 2.45) is 7.05 Å². The third-order valence-electron chi connectivity index (χ3n) is 2.24. The Kier molecular flexibility index (Phi) is 2.36. The lowest BCUT2D eigenvalue weighted by atomic mass is 10.5. The highest BCUT2D eigenvalue weighted by atomic mass is 32.1. The van der Waals surface area contributed by atoms with Crippen LogP contribution < -0.4 is 10.6 Å². The Bertz CT molecular complexity index is 473. The lowest BCUT2D eigenvalue weighted by molar-refractivity contribution is 0.896. The predicted molar refractivity (Wildman–Crippen MR) is 62.5 cm³/mol. The molecule has 2 rings (SSSR count). The molecule has 0 saturated carbocycles. The highest BCUT2D eigenvalue weighted by Gasteiger charge is 2.13. The molecule has 2 heterocycles. The first kappa shape index (κ1) is 9.97. The van der Waals surface area contributed by atoms with E-state index in [2.05, 4.69) is 29.3 Å². The lowest BCUT2D eigenvalue weighted by Gasteiger charge is -2.14. The number of anilines is 3. The molecule has 0 aliphatic rings. The number of hydrogen-bond acceptors (Lipinski definition) is 5. The maximum atomic E-state index is 5.63. The van der Waals surface area contributed by atoms with Crippen LogP contribution in [0.3, 0.4) is 0 Å². The van der Waals surface area contributed by atoms with E-state index in [0.717, 1.165) is 10.9 Å². The van der Waals surface area contributed by atoms with Gasteiger partial charge in [-0.05, 0) is 19.1 Å². The maximum absolute atomic E-state index is 5.63. The second-order valence-electron chi connectivity index (χ2n) is 3.36. The highest BCUT2D eigenvalue weighted by molar-refractivity contribution is 7.16. The van der Waals surface area contributed by atoms with Gasteiger partial charge in [0, 0.05) is 19.0 Å². The molecule has 0 aliphatic heterocycles. The minimum Gasteiger partial charge on any atom is -0.368 e. The first-order chi connectivity index (χ1) is 7.09. The van der Waals surface area contributed by atoms with E-state index in [9.17, 15) is 0 Å². The van der Waals surface area contributed by atoms with Crippen molar-refractivity contribution in [2.75, 3.05) is 17.7 Å². The number of nitrogens with two attached hydrogens (primary N) is 1. The van der Waals surface area contributed by atoms with E-state index in [4.69, 9.17) is 5.73 Å². The van der Waals surface area contributed by atoms with E-state index < -0.39 is 0 Å². The van der Waals surface area contributed by atoms with E-state index in [0.29, 0.717) is 5.95 Å². The van der Waals surface area contributed by atoms with Gasteiger partial charge in [0.2, 0.25) is 11.9 Å². The SMILES string of the molecule is Cc1ccc(N(C)c2nnc(N)n2C)s1. The first-order valence-electron chi connectivity index (χ1n) is 4.54. The van der Waals surface area contributed by atoms with Crippen LogP contribution in [-0.2, 0) is 7.05 Å². The van der Waals surface area contributed by atoms with Crippen LogP contribution in [0.15, 0.2) is 12.1 Å². The van der Waals surface area contributed by atoms with Crippen molar-refractivity contribution in [3.8, 4) is 0 Å². The zero-order valence-corrected chi connectivity index (χ0v) is 9.75. The molecule has 15 heavy (non-hydrogen) atoms. The molecular weight excluding hydrogens is 210 g/mol. The Hall–Kier alpha value is -1.56. The van der Waals surface area contributed by atoms with Crippen molar-refractivity contribution in [1.82, 2.24) is 14.8 Å². The van der Waals surface area contributed by atoms with E-state index in [-0.39, 0.29) is 0 Å². The molecule has 0 amide bonds.